The van der Waals surface area contributed by atoms with E-state index in [2.05, 4.69) is 39.2 Å². The lowest BCUT2D eigenvalue weighted by Gasteiger charge is -2.25. The predicted molar refractivity (Wildman–Crippen MR) is 97.8 cm³/mol. The Labute approximate surface area is 147 Å². The van der Waals surface area contributed by atoms with E-state index in [1.165, 1.54) is 47.9 Å². The van der Waals surface area contributed by atoms with Crippen LogP contribution in [0.1, 0.15) is 60.7 Å². The highest BCUT2D eigenvalue weighted by molar-refractivity contribution is 5.73. The lowest BCUT2D eigenvalue weighted by Crippen LogP contribution is -2.19. The van der Waals surface area contributed by atoms with Crippen LogP contribution in [0.3, 0.4) is 0 Å². The summed E-state index contributed by atoms with van der Waals surface area (Å²) < 4.78 is 2.31. The Bertz CT molecular complexity index is 884. The van der Waals surface area contributed by atoms with Crippen LogP contribution in [0.15, 0.2) is 24.4 Å². The first-order valence-electron chi connectivity index (χ1n) is 9.37. The van der Waals surface area contributed by atoms with Gasteiger partial charge in [0.25, 0.3) is 0 Å². The molecule has 128 valence electrons. The molecule has 1 aliphatic heterocycles. The first kappa shape index (κ1) is 15.0. The highest BCUT2D eigenvalue weighted by Gasteiger charge is 2.30. The molecule has 2 aromatic heterocycles. The highest BCUT2D eigenvalue weighted by atomic mass is 15.3. The van der Waals surface area contributed by atoms with Gasteiger partial charge >= 0.3 is 0 Å². The number of nitrogens with zero attached hydrogens (tertiary/aromatic N) is 4. The number of pyridine rings is 1. The van der Waals surface area contributed by atoms with Gasteiger partial charge in [0.15, 0.2) is 11.6 Å². The van der Waals surface area contributed by atoms with Crippen LogP contribution >= 0.6 is 0 Å². The summed E-state index contributed by atoms with van der Waals surface area (Å²) in [7, 11) is 0. The van der Waals surface area contributed by atoms with Gasteiger partial charge in [-0.2, -0.15) is 0 Å². The van der Waals surface area contributed by atoms with E-state index in [1.807, 2.05) is 0 Å². The molecule has 0 amide bonds. The minimum atomic E-state index is 0.489. The average molecular weight is 333 g/mol. The topological polar surface area (TPSA) is 69.6 Å². The maximum atomic E-state index is 5.98. The third-order valence-corrected chi connectivity index (χ3v) is 5.90. The average Bonchev–Trinajstić information content (AvgIpc) is 3.40. The quantitative estimate of drug-likeness (QED) is 0.935. The zero-order valence-electron chi connectivity index (χ0n) is 14.4. The fraction of sp³-hybridized carbons (Fsp3) is 0.450. The molecule has 3 heterocycles. The Kier molecular flexibility index (Phi) is 3.55. The molecule has 25 heavy (non-hydrogen) atoms. The van der Waals surface area contributed by atoms with Crippen molar-refractivity contribution in [3.63, 3.8) is 0 Å². The molecule has 2 N–H and O–H groups in total. The summed E-state index contributed by atoms with van der Waals surface area (Å²) in [5.41, 5.74) is 12.2. The Hall–Kier alpha value is -2.27. The zero-order valence-corrected chi connectivity index (χ0v) is 14.4. The summed E-state index contributed by atoms with van der Waals surface area (Å²) in [6, 6.07) is 0. The van der Waals surface area contributed by atoms with Crippen molar-refractivity contribution >= 4 is 5.57 Å². The molecule has 1 fully saturated rings. The van der Waals surface area contributed by atoms with E-state index >= 15 is 0 Å². The number of hydrogen-bond acceptors (Lipinski definition) is 4. The molecule has 3 aliphatic rings. The normalized spacial score (nSPS) is 19.2. The number of fused-ring (bicyclic) bond motifs is 3. The summed E-state index contributed by atoms with van der Waals surface area (Å²) in [4.78, 5) is 4.71. The van der Waals surface area contributed by atoms with E-state index in [1.54, 1.807) is 0 Å². The smallest absolute Gasteiger partial charge is 0.164 e. The van der Waals surface area contributed by atoms with Crippen LogP contribution in [0.5, 0.6) is 0 Å². The Morgan fingerprint density at radius 3 is 2.76 bits per heavy atom. The molecule has 1 saturated carbocycles. The van der Waals surface area contributed by atoms with Gasteiger partial charge in [0, 0.05) is 30.4 Å². The van der Waals surface area contributed by atoms with Gasteiger partial charge in [-0.05, 0) is 42.7 Å². The monoisotopic (exact) mass is 333 g/mol. The van der Waals surface area contributed by atoms with Crippen molar-refractivity contribution in [2.75, 3.05) is 0 Å². The molecule has 5 heteroatoms. The fourth-order valence-electron chi connectivity index (χ4n) is 4.64. The number of nitrogens with two attached hydrogens (primary N) is 1. The van der Waals surface area contributed by atoms with Gasteiger partial charge in [-0.3, -0.25) is 4.98 Å². The van der Waals surface area contributed by atoms with Gasteiger partial charge in [-0.1, -0.05) is 31.1 Å². The Morgan fingerprint density at radius 1 is 1.16 bits per heavy atom. The third kappa shape index (κ3) is 2.29. The van der Waals surface area contributed by atoms with Crippen molar-refractivity contribution in [1.29, 1.82) is 0 Å². The SMILES string of the molecule is NCc1ncc(C2CCCC2)c2c1CCn1c(C3=CC=CC3)nnc1-2. The molecule has 0 radical (unpaired) electrons. The first-order valence-corrected chi connectivity index (χ1v) is 9.37. The van der Waals surface area contributed by atoms with Gasteiger partial charge in [-0.25, -0.2) is 0 Å². The standard InChI is InChI=1S/C20H23N5/c21-11-17-15-9-10-25-19(14-7-3-4-8-14)23-24-20(25)18(15)16(12-22-17)13-5-1-2-6-13/h3-4,7,12-13H,1-2,5-6,8-11,21H2. The van der Waals surface area contributed by atoms with Crippen LogP contribution in [0.2, 0.25) is 0 Å². The molecule has 0 saturated heterocycles. The largest absolute Gasteiger partial charge is 0.325 e. The fourth-order valence-corrected chi connectivity index (χ4v) is 4.64. The molecule has 0 spiro atoms. The van der Waals surface area contributed by atoms with Crippen molar-refractivity contribution in [2.45, 2.75) is 57.5 Å². The number of allylic oxidation sites excluding steroid dienone is 4. The molecular weight excluding hydrogens is 310 g/mol. The summed E-state index contributed by atoms with van der Waals surface area (Å²) in [6.07, 6.45) is 15.6. The molecule has 2 aliphatic carbocycles. The molecule has 0 aromatic carbocycles. The van der Waals surface area contributed by atoms with E-state index in [0.29, 0.717) is 12.5 Å². The van der Waals surface area contributed by atoms with Crippen molar-refractivity contribution in [2.24, 2.45) is 5.73 Å². The molecule has 0 atom stereocenters. The van der Waals surface area contributed by atoms with Crippen LogP contribution in [0.25, 0.3) is 17.0 Å². The second kappa shape index (κ2) is 5.92. The van der Waals surface area contributed by atoms with E-state index in [9.17, 15) is 0 Å². The molecule has 0 unspecified atom stereocenters. The summed E-state index contributed by atoms with van der Waals surface area (Å²) in [6.45, 7) is 1.40. The van der Waals surface area contributed by atoms with Crippen LogP contribution in [0.4, 0.5) is 0 Å². The molecular formula is C20H23N5. The summed E-state index contributed by atoms with van der Waals surface area (Å²) in [5, 5.41) is 9.18. The van der Waals surface area contributed by atoms with Gasteiger partial charge < -0.3 is 10.3 Å². The van der Waals surface area contributed by atoms with Gasteiger partial charge in [0.05, 0.1) is 5.69 Å². The van der Waals surface area contributed by atoms with Crippen molar-refractivity contribution in [3.05, 3.63) is 47.1 Å². The second-order valence-corrected chi connectivity index (χ2v) is 7.27. The van der Waals surface area contributed by atoms with Crippen LogP contribution < -0.4 is 5.73 Å². The van der Waals surface area contributed by atoms with E-state index < -0.39 is 0 Å². The highest BCUT2D eigenvalue weighted by Crippen LogP contribution is 2.43. The zero-order chi connectivity index (χ0) is 16.8. The lowest BCUT2D eigenvalue weighted by molar-refractivity contribution is 0.650. The molecule has 5 nitrogen and oxygen atoms in total. The molecule has 2 aromatic rings. The van der Waals surface area contributed by atoms with Gasteiger partial charge in [-0.15, -0.1) is 10.2 Å². The minimum absolute atomic E-state index is 0.489. The van der Waals surface area contributed by atoms with E-state index in [4.69, 9.17) is 10.7 Å². The number of rotatable bonds is 3. The lowest BCUT2D eigenvalue weighted by atomic mass is 9.87. The van der Waals surface area contributed by atoms with Crippen molar-refractivity contribution in [1.82, 2.24) is 19.7 Å². The number of aromatic nitrogens is 4. The summed E-state index contributed by atoms with van der Waals surface area (Å²) >= 11 is 0. The Balaban J connectivity index is 1.69. The van der Waals surface area contributed by atoms with Crippen molar-refractivity contribution < 1.29 is 0 Å². The molecule has 5 rings (SSSR count). The van der Waals surface area contributed by atoms with Crippen molar-refractivity contribution in [3.8, 4) is 11.4 Å². The summed E-state index contributed by atoms with van der Waals surface area (Å²) in [5.74, 6) is 2.64. The molecule has 0 bridgehead atoms. The first-order chi connectivity index (χ1) is 12.4. The Morgan fingerprint density at radius 2 is 2.00 bits per heavy atom. The maximum absolute atomic E-state index is 5.98. The van der Waals surface area contributed by atoms with Crippen LogP contribution in [-0.4, -0.2) is 19.7 Å². The van der Waals surface area contributed by atoms with Crippen LogP contribution in [0, 0.1) is 0 Å². The van der Waals surface area contributed by atoms with Gasteiger partial charge in [0.2, 0.25) is 0 Å². The van der Waals surface area contributed by atoms with Gasteiger partial charge in [0.1, 0.15) is 0 Å². The maximum Gasteiger partial charge on any atom is 0.164 e. The third-order valence-electron chi connectivity index (χ3n) is 5.90. The van der Waals surface area contributed by atoms with E-state index in [-0.39, 0.29) is 0 Å². The minimum Gasteiger partial charge on any atom is -0.325 e. The van der Waals surface area contributed by atoms with Crippen LogP contribution in [-0.2, 0) is 19.5 Å². The van der Waals surface area contributed by atoms with E-state index in [0.717, 1.165) is 36.7 Å². The number of hydrogen-bond donors (Lipinski definition) is 1. The predicted octanol–water partition coefficient (Wildman–Crippen LogP) is 3.36. The second-order valence-electron chi connectivity index (χ2n) is 7.27.